The lowest BCUT2D eigenvalue weighted by Gasteiger charge is -2.37. The van der Waals surface area contributed by atoms with Gasteiger partial charge >= 0.3 is 6.09 Å². The number of rotatable bonds is 7. The zero-order valence-electron chi connectivity index (χ0n) is 26.3. The van der Waals surface area contributed by atoms with Gasteiger partial charge in [-0.25, -0.2) is 4.79 Å². The molecule has 2 atom stereocenters. The summed E-state index contributed by atoms with van der Waals surface area (Å²) in [6.07, 6.45) is 1.05. The van der Waals surface area contributed by atoms with Crippen LogP contribution < -0.4 is 4.43 Å². The van der Waals surface area contributed by atoms with Crippen molar-refractivity contribution in [3.63, 3.8) is 0 Å². The van der Waals surface area contributed by atoms with E-state index in [1.165, 1.54) is 11.1 Å². The van der Waals surface area contributed by atoms with Gasteiger partial charge in [0.2, 0.25) is 8.32 Å². The van der Waals surface area contributed by atoms with Crippen molar-refractivity contribution in [3.05, 3.63) is 88.4 Å². The van der Waals surface area contributed by atoms with Crippen LogP contribution in [0.3, 0.4) is 0 Å². The van der Waals surface area contributed by atoms with Crippen LogP contribution in [0.1, 0.15) is 70.8 Å². The fraction of sp³-hybridized carbons (Fsp3) is 0.457. The van der Waals surface area contributed by atoms with Crippen molar-refractivity contribution in [2.24, 2.45) is 0 Å². The molecule has 7 heteroatoms. The van der Waals surface area contributed by atoms with Crippen LogP contribution in [0.4, 0.5) is 4.79 Å². The average molecular weight is 608 g/mol. The molecule has 0 aliphatic heterocycles. The highest BCUT2D eigenvalue weighted by Crippen LogP contribution is 2.38. The van der Waals surface area contributed by atoms with E-state index in [4.69, 9.17) is 20.8 Å². The number of fused-ring (bicyclic) bond motifs is 1. The smallest absolute Gasteiger partial charge is 0.410 e. The predicted octanol–water partition coefficient (Wildman–Crippen LogP) is 9.22. The second kappa shape index (κ2) is 12.4. The Hall–Kier alpha value is -2.80. The lowest BCUT2D eigenvalue weighted by Crippen LogP contribution is -2.47. The van der Waals surface area contributed by atoms with E-state index in [2.05, 4.69) is 76.3 Å². The molecule has 0 fully saturated rings. The molecule has 0 radical (unpaired) electrons. The summed E-state index contributed by atoms with van der Waals surface area (Å²) in [6, 6.07) is 22.1. The largest absolute Gasteiger partial charge is 0.544 e. The molecule has 226 valence electrons. The van der Waals surface area contributed by atoms with Crippen molar-refractivity contribution in [2.75, 3.05) is 6.54 Å². The van der Waals surface area contributed by atoms with Crippen molar-refractivity contribution < 1.29 is 19.1 Å². The summed E-state index contributed by atoms with van der Waals surface area (Å²) in [5.41, 5.74) is 4.81. The first-order valence-corrected chi connectivity index (χ1v) is 18.2. The molecular weight excluding hydrogens is 562 g/mol. The summed E-state index contributed by atoms with van der Waals surface area (Å²) < 4.78 is 12.3. The van der Waals surface area contributed by atoms with Crippen LogP contribution in [0.25, 0.3) is 11.1 Å². The van der Waals surface area contributed by atoms with Gasteiger partial charge < -0.3 is 19.2 Å². The lowest BCUT2D eigenvalue weighted by atomic mass is 9.85. The van der Waals surface area contributed by atoms with E-state index >= 15 is 0 Å². The Labute approximate surface area is 257 Å². The zero-order chi connectivity index (χ0) is 30.9. The van der Waals surface area contributed by atoms with Crippen molar-refractivity contribution in [1.82, 2.24) is 4.90 Å². The SMILES string of the molecule is CC(C)(C)OC(=O)N(C[C@H](O)c1cccc(Cl)c1)[C@H]1CCc2ccc(-c3ccc(O[Si](C)(C)C(C)(C)C)cc3)cc2C1. The van der Waals surface area contributed by atoms with Gasteiger partial charge in [0, 0.05) is 11.1 Å². The van der Waals surface area contributed by atoms with E-state index < -0.39 is 26.1 Å². The number of halogens is 1. The maximum Gasteiger partial charge on any atom is 0.410 e. The Kier molecular flexibility index (Phi) is 9.51. The highest BCUT2D eigenvalue weighted by molar-refractivity contribution is 6.74. The highest BCUT2D eigenvalue weighted by Gasteiger charge is 2.39. The predicted molar refractivity (Wildman–Crippen MR) is 175 cm³/mol. The molecule has 42 heavy (non-hydrogen) atoms. The van der Waals surface area contributed by atoms with Crippen LogP contribution in [0.15, 0.2) is 66.7 Å². The maximum atomic E-state index is 13.4. The third-order valence-corrected chi connectivity index (χ3v) is 13.0. The quantitative estimate of drug-likeness (QED) is 0.272. The van der Waals surface area contributed by atoms with Crippen molar-refractivity contribution in [2.45, 2.75) is 96.7 Å². The van der Waals surface area contributed by atoms with E-state index in [0.717, 1.165) is 29.7 Å². The minimum atomic E-state index is -1.91. The normalized spacial score (nSPS) is 16.4. The minimum absolute atomic E-state index is 0.100. The fourth-order valence-electron chi connectivity index (χ4n) is 5.05. The second-order valence-electron chi connectivity index (χ2n) is 14.0. The standard InChI is InChI=1S/C35H46ClNO4Si/c1-34(2,3)40-33(39)37(23-32(38)27-10-9-11-29(36)21-27)30-17-14-25-12-13-26(20-28(25)22-30)24-15-18-31(19-16-24)41-42(7,8)35(4,5)6/h9-13,15-16,18-21,30,32,38H,14,17,22-23H2,1-8H3/t30-,32-/m0/s1. The summed E-state index contributed by atoms with van der Waals surface area (Å²) in [5, 5.41) is 11.8. The van der Waals surface area contributed by atoms with Gasteiger partial charge in [0.15, 0.2) is 0 Å². The Morgan fingerprint density at radius 2 is 1.64 bits per heavy atom. The minimum Gasteiger partial charge on any atom is -0.544 e. The topological polar surface area (TPSA) is 59.0 Å². The number of amides is 1. The summed E-state index contributed by atoms with van der Waals surface area (Å²) >= 11 is 6.18. The van der Waals surface area contributed by atoms with E-state index in [1.54, 1.807) is 17.0 Å². The second-order valence-corrected chi connectivity index (χ2v) is 19.1. The van der Waals surface area contributed by atoms with Crippen molar-refractivity contribution >= 4 is 26.0 Å². The number of carbonyl (C=O) groups is 1. The molecule has 1 aliphatic rings. The number of aliphatic hydroxyl groups excluding tert-OH is 1. The first kappa shape index (κ1) is 32.1. The number of aliphatic hydroxyl groups is 1. The average Bonchev–Trinajstić information content (AvgIpc) is 2.89. The van der Waals surface area contributed by atoms with Gasteiger partial charge in [-0.2, -0.15) is 0 Å². The number of nitrogens with zero attached hydrogens (tertiary/aromatic N) is 1. The van der Waals surface area contributed by atoms with Crippen molar-refractivity contribution in [3.8, 4) is 16.9 Å². The van der Waals surface area contributed by atoms with Gasteiger partial charge in [-0.15, -0.1) is 0 Å². The Morgan fingerprint density at radius 3 is 2.26 bits per heavy atom. The maximum absolute atomic E-state index is 13.4. The molecule has 0 spiro atoms. The van der Waals surface area contributed by atoms with Crippen LogP contribution in [-0.2, 0) is 17.6 Å². The van der Waals surface area contributed by atoms with Gasteiger partial charge in [-0.3, -0.25) is 0 Å². The van der Waals surface area contributed by atoms with Crippen LogP contribution in [0, 0.1) is 0 Å². The Balaban J connectivity index is 1.55. The molecular formula is C35H46ClNO4Si. The molecule has 1 N–H and O–H groups in total. The van der Waals surface area contributed by atoms with Crippen LogP contribution >= 0.6 is 11.6 Å². The van der Waals surface area contributed by atoms with Gasteiger partial charge in [-0.05, 0) is 110 Å². The first-order valence-electron chi connectivity index (χ1n) is 14.9. The van der Waals surface area contributed by atoms with Gasteiger partial charge in [0.25, 0.3) is 0 Å². The molecule has 3 aromatic carbocycles. The Morgan fingerprint density at radius 1 is 0.976 bits per heavy atom. The summed E-state index contributed by atoms with van der Waals surface area (Å²) in [7, 11) is -1.91. The number of carbonyl (C=O) groups excluding carboxylic acids is 1. The zero-order valence-corrected chi connectivity index (χ0v) is 28.1. The number of ether oxygens (including phenoxy) is 1. The molecule has 0 aromatic heterocycles. The molecule has 1 amide bonds. The molecule has 0 bridgehead atoms. The Bertz CT molecular complexity index is 1390. The number of hydrogen-bond acceptors (Lipinski definition) is 4. The van der Waals surface area contributed by atoms with Crippen LogP contribution in [0.5, 0.6) is 5.75 Å². The van der Waals surface area contributed by atoms with E-state index in [1.807, 2.05) is 32.9 Å². The van der Waals surface area contributed by atoms with E-state index in [-0.39, 0.29) is 17.6 Å². The molecule has 4 rings (SSSR count). The number of benzene rings is 3. The van der Waals surface area contributed by atoms with Crippen LogP contribution in [-0.4, -0.2) is 42.6 Å². The molecule has 0 saturated carbocycles. The van der Waals surface area contributed by atoms with Gasteiger partial charge in [-0.1, -0.05) is 74.8 Å². The summed E-state index contributed by atoms with van der Waals surface area (Å²) in [4.78, 5) is 15.2. The number of hydrogen-bond donors (Lipinski definition) is 1. The third-order valence-electron chi connectivity index (χ3n) is 8.45. The van der Waals surface area contributed by atoms with E-state index in [9.17, 15) is 9.90 Å². The molecule has 5 nitrogen and oxygen atoms in total. The lowest BCUT2D eigenvalue weighted by molar-refractivity contribution is 0.00196. The molecule has 3 aromatic rings. The van der Waals surface area contributed by atoms with E-state index in [0.29, 0.717) is 17.0 Å². The third kappa shape index (κ3) is 7.97. The molecule has 0 heterocycles. The highest BCUT2D eigenvalue weighted by atomic mass is 35.5. The number of aryl methyl sites for hydroxylation is 1. The van der Waals surface area contributed by atoms with Crippen molar-refractivity contribution in [1.29, 1.82) is 0 Å². The molecule has 0 saturated heterocycles. The monoisotopic (exact) mass is 607 g/mol. The molecule has 1 aliphatic carbocycles. The first-order chi connectivity index (χ1) is 19.5. The molecule has 0 unspecified atom stereocenters. The summed E-state index contributed by atoms with van der Waals surface area (Å²) in [6.45, 7) is 17.0. The van der Waals surface area contributed by atoms with Gasteiger partial charge in [0.1, 0.15) is 11.4 Å². The van der Waals surface area contributed by atoms with Crippen LogP contribution in [0.2, 0.25) is 23.2 Å². The van der Waals surface area contributed by atoms with Gasteiger partial charge in [0.05, 0.1) is 12.6 Å². The summed E-state index contributed by atoms with van der Waals surface area (Å²) in [5.74, 6) is 0.912. The fourth-order valence-corrected chi connectivity index (χ4v) is 6.28.